The summed E-state index contributed by atoms with van der Waals surface area (Å²) >= 11 is 0. The first kappa shape index (κ1) is 16.6. The Morgan fingerprint density at radius 1 is 1.40 bits per heavy atom. The Morgan fingerprint density at radius 2 is 2.00 bits per heavy atom. The van der Waals surface area contributed by atoms with E-state index in [0.29, 0.717) is 19.3 Å². The number of nitrogens with one attached hydrogen (secondary N) is 1. The van der Waals surface area contributed by atoms with Gasteiger partial charge >= 0.3 is 18.2 Å². The average Bonchev–Trinajstić information content (AvgIpc) is 3.13. The summed E-state index contributed by atoms with van der Waals surface area (Å²) < 4.78 is 37.1. The molecule has 5 nitrogen and oxygen atoms in total. The van der Waals surface area contributed by atoms with E-state index in [0.717, 1.165) is 4.90 Å². The summed E-state index contributed by atoms with van der Waals surface area (Å²) in [7, 11) is 0. The van der Waals surface area contributed by atoms with Crippen LogP contribution in [0.4, 0.5) is 18.0 Å². The normalized spacial score (nSPS) is 16.6. The van der Waals surface area contributed by atoms with Gasteiger partial charge < -0.3 is 15.3 Å². The second kappa shape index (κ2) is 6.81. The van der Waals surface area contributed by atoms with Crippen LogP contribution in [0, 0.1) is 5.92 Å². The fraction of sp³-hybridized carbons (Fsp3) is 0.833. The highest BCUT2D eigenvalue weighted by Gasteiger charge is 2.40. The third-order valence-corrected chi connectivity index (χ3v) is 3.05. The van der Waals surface area contributed by atoms with Crippen molar-refractivity contribution < 1.29 is 27.9 Å². The molecule has 0 saturated heterocycles. The van der Waals surface area contributed by atoms with Crippen molar-refractivity contribution in [3.8, 4) is 0 Å². The molecule has 1 fully saturated rings. The van der Waals surface area contributed by atoms with Gasteiger partial charge in [0.25, 0.3) is 0 Å². The minimum atomic E-state index is -4.41. The number of carboxylic acids is 1. The maximum atomic E-state index is 12.4. The van der Waals surface area contributed by atoms with Crippen LogP contribution in [0.1, 0.15) is 32.6 Å². The van der Waals surface area contributed by atoms with Gasteiger partial charge in [0, 0.05) is 19.0 Å². The SMILES string of the molecule is CC(CCC(=O)O)CNC(=O)N(CC(F)(F)F)C1CC1. The number of rotatable bonds is 7. The van der Waals surface area contributed by atoms with Crippen LogP contribution in [0.2, 0.25) is 0 Å². The van der Waals surface area contributed by atoms with E-state index in [9.17, 15) is 22.8 Å². The first-order chi connectivity index (χ1) is 9.19. The number of carbonyl (C=O) groups is 2. The Labute approximate surface area is 115 Å². The van der Waals surface area contributed by atoms with Gasteiger partial charge in [-0.2, -0.15) is 13.2 Å². The van der Waals surface area contributed by atoms with E-state index in [1.165, 1.54) is 0 Å². The van der Waals surface area contributed by atoms with Crippen molar-refractivity contribution in [2.24, 2.45) is 5.92 Å². The molecule has 0 bridgehead atoms. The highest BCUT2D eigenvalue weighted by atomic mass is 19.4. The molecule has 0 heterocycles. The molecule has 0 spiro atoms. The number of urea groups is 1. The molecule has 0 aliphatic heterocycles. The number of halogens is 3. The van der Waals surface area contributed by atoms with Crippen LogP contribution in [0.3, 0.4) is 0 Å². The molecule has 1 aliphatic rings. The number of amides is 2. The molecule has 1 rings (SSSR count). The maximum Gasteiger partial charge on any atom is 0.406 e. The Kier molecular flexibility index (Phi) is 5.64. The number of nitrogens with zero attached hydrogens (tertiary/aromatic N) is 1. The van der Waals surface area contributed by atoms with Crippen molar-refractivity contribution >= 4 is 12.0 Å². The topological polar surface area (TPSA) is 69.6 Å². The number of aliphatic carboxylic acids is 1. The molecule has 1 atom stereocenters. The lowest BCUT2D eigenvalue weighted by atomic mass is 10.1. The molecule has 1 saturated carbocycles. The van der Waals surface area contributed by atoms with Crippen molar-refractivity contribution in [1.29, 1.82) is 0 Å². The second-order valence-corrected chi connectivity index (χ2v) is 5.20. The Morgan fingerprint density at radius 3 is 2.45 bits per heavy atom. The van der Waals surface area contributed by atoms with Gasteiger partial charge in [-0.15, -0.1) is 0 Å². The summed E-state index contributed by atoms with van der Waals surface area (Å²) in [5.41, 5.74) is 0. The Bertz CT molecular complexity index is 356. The summed E-state index contributed by atoms with van der Waals surface area (Å²) in [4.78, 5) is 22.9. The Balaban J connectivity index is 2.37. The molecular formula is C12H19F3N2O3. The number of hydrogen-bond donors (Lipinski definition) is 2. The summed E-state index contributed by atoms with van der Waals surface area (Å²) in [5.74, 6) is -1.03. The first-order valence-electron chi connectivity index (χ1n) is 6.52. The minimum Gasteiger partial charge on any atom is -0.481 e. The molecule has 116 valence electrons. The summed E-state index contributed by atoms with van der Waals surface area (Å²) in [6, 6.07) is -1.06. The standard InChI is InChI=1S/C12H19F3N2O3/c1-8(2-5-10(18)19)6-16-11(20)17(9-3-4-9)7-12(13,14)15/h8-9H,2-7H2,1H3,(H,16,20)(H,18,19). The molecule has 0 radical (unpaired) electrons. The van der Waals surface area contributed by atoms with Gasteiger partial charge in [-0.25, -0.2) is 4.79 Å². The van der Waals surface area contributed by atoms with Crippen LogP contribution in [0.15, 0.2) is 0 Å². The van der Waals surface area contributed by atoms with Gasteiger partial charge in [0.15, 0.2) is 0 Å². The first-order valence-corrected chi connectivity index (χ1v) is 6.52. The molecule has 0 aromatic rings. The lowest BCUT2D eigenvalue weighted by Crippen LogP contribution is -2.47. The summed E-state index contributed by atoms with van der Waals surface area (Å²) in [6.45, 7) is 0.675. The number of hydrogen-bond acceptors (Lipinski definition) is 2. The quantitative estimate of drug-likeness (QED) is 0.757. The van der Waals surface area contributed by atoms with Gasteiger partial charge in [0.2, 0.25) is 0 Å². The van der Waals surface area contributed by atoms with Crippen LogP contribution in [0.5, 0.6) is 0 Å². The third kappa shape index (κ3) is 6.63. The average molecular weight is 296 g/mol. The lowest BCUT2D eigenvalue weighted by molar-refractivity contribution is -0.141. The monoisotopic (exact) mass is 296 g/mol. The summed E-state index contributed by atoms with van der Waals surface area (Å²) in [5, 5.41) is 11.0. The van der Waals surface area contributed by atoms with E-state index in [2.05, 4.69) is 5.32 Å². The molecule has 8 heteroatoms. The minimum absolute atomic E-state index is 0.0219. The molecule has 1 aliphatic carbocycles. The maximum absolute atomic E-state index is 12.4. The predicted octanol–water partition coefficient (Wildman–Crippen LogP) is 2.22. The highest BCUT2D eigenvalue weighted by Crippen LogP contribution is 2.30. The van der Waals surface area contributed by atoms with Crippen LogP contribution in [-0.2, 0) is 4.79 Å². The van der Waals surface area contributed by atoms with Crippen LogP contribution in [-0.4, -0.2) is 47.3 Å². The van der Waals surface area contributed by atoms with Crippen molar-refractivity contribution in [2.75, 3.05) is 13.1 Å². The fourth-order valence-electron chi connectivity index (χ4n) is 1.78. The van der Waals surface area contributed by atoms with E-state index >= 15 is 0 Å². The Hall–Kier alpha value is -1.47. The molecule has 0 aromatic heterocycles. The second-order valence-electron chi connectivity index (χ2n) is 5.20. The van der Waals surface area contributed by atoms with Gasteiger partial charge in [0.1, 0.15) is 6.54 Å². The zero-order valence-electron chi connectivity index (χ0n) is 11.2. The molecule has 2 N–H and O–H groups in total. The van der Waals surface area contributed by atoms with Gasteiger partial charge in [-0.3, -0.25) is 4.79 Å². The number of alkyl halides is 3. The number of carbonyl (C=O) groups excluding carboxylic acids is 1. The van der Waals surface area contributed by atoms with E-state index in [4.69, 9.17) is 5.11 Å². The molecule has 20 heavy (non-hydrogen) atoms. The van der Waals surface area contributed by atoms with Gasteiger partial charge in [-0.1, -0.05) is 6.92 Å². The zero-order chi connectivity index (χ0) is 15.3. The van der Waals surface area contributed by atoms with E-state index in [-0.39, 0.29) is 24.9 Å². The van der Waals surface area contributed by atoms with Crippen molar-refractivity contribution in [3.63, 3.8) is 0 Å². The summed E-state index contributed by atoms with van der Waals surface area (Å²) in [6.07, 6.45) is -2.87. The zero-order valence-corrected chi connectivity index (χ0v) is 11.2. The molecule has 1 unspecified atom stereocenters. The van der Waals surface area contributed by atoms with Crippen molar-refractivity contribution in [1.82, 2.24) is 10.2 Å². The van der Waals surface area contributed by atoms with E-state index < -0.39 is 24.7 Å². The highest BCUT2D eigenvalue weighted by molar-refractivity contribution is 5.75. The lowest BCUT2D eigenvalue weighted by Gasteiger charge is -2.24. The third-order valence-electron chi connectivity index (χ3n) is 3.05. The van der Waals surface area contributed by atoms with Crippen LogP contribution < -0.4 is 5.32 Å². The van der Waals surface area contributed by atoms with Crippen molar-refractivity contribution in [3.05, 3.63) is 0 Å². The number of carboxylic acid groups (broad SMARTS) is 1. The van der Waals surface area contributed by atoms with Gasteiger partial charge in [-0.05, 0) is 25.2 Å². The van der Waals surface area contributed by atoms with Crippen LogP contribution >= 0.6 is 0 Å². The molecular weight excluding hydrogens is 277 g/mol. The van der Waals surface area contributed by atoms with Gasteiger partial charge in [0.05, 0.1) is 0 Å². The van der Waals surface area contributed by atoms with E-state index in [1.54, 1.807) is 6.92 Å². The largest absolute Gasteiger partial charge is 0.481 e. The van der Waals surface area contributed by atoms with E-state index in [1.807, 2.05) is 0 Å². The predicted molar refractivity (Wildman–Crippen MR) is 65.2 cm³/mol. The fourth-order valence-corrected chi connectivity index (χ4v) is 1.78. The van der Waals surface area contributed by atoms with Crippen LogP contribution in [0.25, 0.3) is 0 Å². The molecule has 2 amide bonds. The molecule has 0 aromatic carbocycles. The smallest absolute Gasteiger partial charge is 0.406 e. The van der Waals surface area contributed by atoms with Crippen molar-refractivity contribution in [2.45, 2.75) is 44.8 Å².